The molecule has 5 nitrogen and oxygen atoms in total. The van der Waals surface area contributed by atoms with Crippen LogP contribution < -0.4 is 10.5 Å². The number of carbonyl (C=O) groups is 1. The molecule has 27 heavy (non-hydrogen) atoms. The molecule has 2 heterocycles. The van der Waals surface area contributed by atoms with Gasteiger partial charge in [0.05, 0.1) is 16.3 Å². The number of carbonyl (C=O) groups excluding carboxylic acids is 1. The van der Waals surface area contributed by atoms with Gasteiger partial charge < -0.3 is 14.4 Å². The van der Waals surface area contributed by atoms with Gasteiger partial charge in [0.25, 0.3) is 5.56 Å². The van der Waals surface area contributed by atoms with Gasteiger partial charge in [-0.2, -0.15) is 13.2 Å². The van der Waals surface area contributed by atoms with Gasteiger partial charge in [0.15, 0.2) is 0 Å². The van der Waals surface area contributed by atoms with Crippen molar-refractivity contribution in [3.05, 3.63) is 63.5 Å². The van der Waals surface area contributed by atoms with E-state index in [0.717, 1.165) is 16.3 Å². The van der Waals surface area contributed by atoms with E-state index < -0.39 is 29.8 Å². The lowest BCUT2D eigenvalue weighted by Gasteiger charge is -2.36. The van der Waals surface area contributed by atoms with Gasteiger partial charge >= 0.3 is 6.18 Å². The maximum absolute atomic E-state index is 12.8. The number of anilines is 1. The zero-order valence-corrected chi connectivity index (χ0v) is 15.0. The maximum Gasteiger partial charge on any atom is 0.417 e. The molecule has 1 aromatic heterocycles. The highest BCUT2D eigenvalue weighted by atomic mass is 35.5. The summed E-state index contributed by atoms with van der Waals surface area (Å²) < 4.78 is 39.2. The van der Waals surface area contributed by atoms with Crippen LogP contribution in [0.5, 0.6) is 0 Å². The van der Waals surface area contributed by atoms with Crippen molar-refractivity contribution < 1.29 is 18.0 Å². The van der Waals surface area contributed by atoms with Crippen LogP contribution in [0.4, 0.5) is 18.9 Å². The predicted molar refractivity (Wildman–Crippen MR) is 95.9 cm³/mol. The Morgan fingerprint density at radius 1 is 1.04 bits per heavy atom. The molecule has 0 unspecified atom stereocenters. The number of para-hydroxylation sites is 1. The van der Waals surface area contributed by atoms with E-state index in [1.165, 1.54) is 0 Å². The molecule has 0 bridgehead atoms. The minimum absolute atomic E-state index is 0.393. The van der Waals surface area contributed by atoms with Crippen LogP contribution in [0.3, 0.4) is 0 Å². The summed E-state index contributed by atoms with van der Waals surface area (Å²) in [7, 11) is 0. The minimum Gasteiger partial charge on any atom is -0.367 e. The molecule has 0 N–H and O–H groups in total. The molecular weight excluding hydrogens is 383 g/mol. The first-order valence-electron chi connectivity index (χ1n) is 8.30. The molecule has 2 aromatic rings. The lowest BCUT2D eigenvalue weighted by molar-refractivity contribution is -0.138. The summed E-state index contributed by atoms with van der Waals surface area (Å²) in [6, 6.07) is 8.92. The highest BCUT2D eigenvalue weighted by Crippen LogP contribution is 2.28. The Morgan fingerprint density at radius 3 is 2.33 bits per heavy atom. The van der Waals surface area contributed by atoms with Crippen molar-refractivity contribution in [2.45, 2.75) is 12.7 Å². The molecule has 1 aromatic carbocycles. The molecule has 1 aliphatic rings. The van der Waals surface area contributed by atoms with E-state index >= 15 is 0 Å². The third-order valence-corrected chi connectivity index (χ3v) is 4.76. The normalized spacial score (nSPS) is 15.1. The number of amides is 1. The van der Waals surface area contributed by atoms with E-state index in [0.29, 0.717) is 43.5 Å². The van der Waals surface area contributed by atoms with Gasteiger partial charge in [0.1, 0.15) is 6.54 Å². The summed E-state index contributed by atoms with van der Waals surface area (Å²) in [5.41, 5.74) is -0.732. The van der Waals surface area contributed by atoms with E-state index in [9.17, 15) is 22.8 Å². The lowest BCUT2D eigenvalue weighted by Crippen LogP contribution is -2.50. The number of piperazine rings is 1. The molecule has 0 radical (unpaired) electrons. The van der Waals surface area contributed by atoms with Crippen molar-refractivity contribution in [3.8, 4) is 0 Å². The van der Waals surface area contributed by atoms with Crippen LogP contribution in [0.2, 0.25) is 5.02 Å². The number of halogens is 4. The molecule has 144 valence electrons. The average molecular weight is 400 g/mol. The largest absolute Gasteiger partial charge is 0.417 e. The van der Waals surface area contributed by atoms with Crippen LogP contribution in [0, 0.1) is 0 Å². The van der Waals surface area contributed by atoms with Crippen molar-refractivity contribution in [1.82, 2.24) is 9.47 Å². The van der Waals surface area contributed by atoms with E-state index in [4.69, 9.17) is 11.6 Å². The van der Waals surface area contributed by atoms with Gasteiger partial charge in [-0.3, -0.25) is 9.59 Å². The number of hydrogen-bond donors (Lipinski definition) is 0. The van der Waals surface area contributed by atoms with Crippen molar-refractivity contribution in [2.24, 2.45) is 0 Å². The number of alkyl halides is 3. The van der Waals surface area contributed by atoms with E-state index in [-0.39, 0.29) is 0 Å². The summed E-state index contributed by atoms with van der Waals surface area (Å²) >= 11 is 6.18. The van der Waals surface area contributed by atoms with Crippen molar-refractivity contribution in [3.63, 3.8) is 0 Å². The Labute approximate surface area is 158 Å². The monoisotopic (exact) mass is 399 g/mol. The minimum atomic E-state index is -4.57. The first-order chi connectivity index (χ1) is 12.8. The lowest BCUT2D eigenvalue weighted by atomic mass is 10.2. The standard InChI is InChI=1S/C18H17ClF3N3O2/c19-14-3-1-2-4-15(14)23-7-9-24(10-8-23)17(27)12-25-11-13(18(20,21)22)5-6-16(25)26/h1-6,11H,7-10,12H2. The third-order valence-electron chi connectivity index (χ3n) is 4.44. The quantitative estimate of drug-likeness (QED) is 0.797. The van der Waals surface area contributed by atoms with Gasteiger partial charge in [0, 0.05) is 38.4 Å². The summed E-state index contributed by atoms with van der Waals surface area (Å²) in [5, 5.41) is 0.618. The van der Waals surface area contributed by atoms with Gasteiger partial charge in [-0.25, -0.2) is 0 Å². The van der Waals surface area contributed by atoms with Crippen LogP contribution in [0.1, 0.15) is 5.56 Å². The Bertz CT molecular complexity index is 890. The molecular formula is C18H17ClF3N3O2. The Morgan fingerprint density at radius 2 is 1.70 bits per heavy atom. The Kier molecular flexibility index (Phi) is 5.46. The molecule has 0 saturated carbocycles. The topological polar surface area (TPSA) is 45.6 Å². The summed E-state index contributed by atoms with van der Waals surface area (Å²) in [5.74, 6) is -0.393. The van der Waals surface area contributed by atoms with Gasteiger partial charge in [-0.1, -0.05) is 23.7 Å². The van der Waals surface area contributed by atoms with E-state index in [1.807, 2.05) is 23.1 Å². The second kappa shape index (κ2) is 7.64. The Balaban J connectivity index is 1.65. The molecule has 1 aliphatic heterocycles. The molecule has 0 spiro atoms. The fraction of sp³-hybridized carbons (Fsp3) is 0.333. The van der Waals surface area contributed by atoms with Gasteiger partial charge in [-0.15, -0.1) is 0 Å². The second-order valence-electron chi connectivity index (χ2n) is 6.20. The molecule has 1 amide bonds. The zero-order chi connectivity index (χ0) is 19.6. The fourth-order valence-corrected chi connectivity index (χ4v) is 3.23. The van der Waals surface area contributed by atoms with Crippen molar-refractivity contribution in [2.75, 3.05) is 31.1 Å². The van der Waals surface area contributed by atoms with E-state index in [2.05, 4.69) is 0 Å². The van der Waals surface area contributed by atoms with Crippen LogP contribution in [-0.4, -0.2) is 41.6 Å². The highest BCUT2D eigenvalue weighted by Gasteiger charge is 2.31. The molecule has 3 rings (SSSR count). The summed E-state index contributed by atoms with van der Waals surface area (Å²) in [6.07, 6.45) is -3.89. The number of hydrogen-bond acceptors (Lipinski definition) is 3. The van der Waals surface area contributed by atoms with Gasteiger partial charge in [-0.05, 0) is 18.2 Å². The highest BCUT2D eigenvalue weighted by molar-refractivity contribution is 6.33. The smallest absolute Gasteiger partial charge is 0.367 e. The number of nitrogens with zero attached hydrogens (tertiary/aromatic N) is 3. The molecule has 1 fully saturated rings. The number of rotatable bonds is 3. The fourth-order valence-electron chi connectivity index (χ4n) is 2.97. The zero-order valence-electron chi connectivity index (χ0n) is 14.2. The van der Waals surface area contributed by atoms with E-state index in [1.54, 1.807) is 11.0 Å². The first-order valence-corrected chi connectivity index (χ1v) is 8.68. The SMILES string of the molecule is O=C(Cn1cc(C(F)(F)F)ccc1=O)N1CCN(c2ccccc2Cl)CC1. The molecule has 1 saturated heterocycles. The Hall–Kier alpha value is -2.48. The van der Waals surface area contributed by atoms with Crippen LogP contribution in [-0.2, 0) is 17.5 Å². The molecule has 0 aliphatic carbocycles. The summed E-state index contributed by atoms with van der Waals surface area (Å²) in [4.78, 5) is 27.8. The van der Waals surface area contributed by atoms with Crippen LogP contribution >= 0.6 is 11.6 Å². The predicted octanol–water partition coefficient (Wildman–Crippen LogP) is 2.87. The van der Waals surface area contributed by atoms with Crippen molar-refractivity contribution >= 4 is 23.2 Å². The second-order valence-corrected chi connectivity index (χ2v) is 6.61. The first kappa shape index (κ1) is 19.3. The number of pyridine rings is 1. The maximum atomic E-state index is 12.8. The van der Waals surface area contributed by atoms with Gasteiger partial charge in [0.2, 0.25) is 5.91 Å². The molecule has 0 atom stereocenters. The summed E-state index contributed by atoms with van der Waals surface area (Å²) in [6.45, 7) is 1.48. The van der Waals surface area contributed by atoms with Crippen LogP contribution in [0.15, 0.2) is 47.4 Å². The average Bonchev–Trinajstić information content (AvgIpc) is 2.63. The molecule has 9 heteroatoms. The van der Waals surface area contributed by atoms with Crippen molar-refractivity contribution in [1.29, 1.82) is 0 Å². The third kappa shape index (κ3) is 4.44. The number of aromatic nitrogens is 1. The van der Waals surface area contributed by atoms with Crippen LogP contribution in [0.25, 0.3) is 0 Å². The number of benzene rings is 1.